The molecule has 0 bridgehead atoms. The Bertz CT molecular complexity index is 908. The number of rotatable bonds is 7. The van der Waals surface area contributed by atoms with Crippen molar-refractivity contribution in [2.24, 2.45) is 5.92 Å². The molecule has 1 aromatic heterocycles. The Balaban J connectivity index is 1.31. The molecule has 2 aliphatic heterocycles. The average Bonchev–Trinajstić information content (AvgIpc) is 3.52. The van der Waals surface area contributed by atoms with Crippen LogP contribution in [-0.2, 0) is 25.6 Å². The zero-order chi connectivity index (χ0) is 21.8. The molecule has 2 saturated heterocycles. The van der Waals surface area contributed by atoms with Crippen LogP contribution >= 0.6 is 11.3 Å². The summed E-state index contributed by atoms with van der Waals surface area (Å²) in [6.45, 7) is 6.31. The van der Waals surface area contributed by atoms with Crippen LogP contribution in [0.3, 0.4) is 0 Å². The lowest BCUT2D eigenvalue weighted by molar-refractivity contribution is -0.143. The summed E-state index contributed by atoms with van der Waals surface area (Å²) < 4.78 is 11.0. The van der Waals surface area contributed by atoms with Crippen LogP contribution in [0.5, 0.6) is 0 Å². The van der Waals surface area contributed by atoms with E-state index in [2.05, 4.69) is 29.4 Å². The van der Waals surface area contributed by atoms with E-state index in [0.29, 0.717) is 32.7 Å². The normalized spacial score (nSPS) is 23.3. The van der Waals surface area contributed by atoms with E-state index in [4.69, 9.17) is 9.47 Å². The molecular weight excluding hydrogens is 414 g/mol. The molecule has 2 aliphatic rings. The molecule has 0 spiro atoms. The minimum absolute atomic E-state index is 0.00296. The van der Waals surface area contributed by atoms with Crippen LogP contribution in [0, 0.1) is 12.8 Å². The number of nitrogens with one attached hydrogen (secondary N) is 1. The first-order valence-corrected chi connectivity index (χ1v) is 11.6. The average molecular weight is 444 g/mol. The van der Waals surface area contributed by atoms with E-state index in [9.17, 15) is 9.59 Å². The summed E-state index contributed by atoms with van der Waals surface area (Å²) in [4.78, 5) is 32.7. The molecular formula is C23H29N3O4S. The van der Waals surface area contributed by atoms with Gasteiger partial charge in [0.2, 0.25) is 11.8 Å². The summed E-state index contributed by atoms with van der Waals surface area (Å²) in [6, 6.07) is 7.71. The van der Waals surface area contributed by atoms with Crippen LogP contribution in [0.1, 0.15) is 31.0 Å². The molecule has 3 atom stereocenters. The van der Waals surface area contributed by atoms with Crippen LogP contribution in [0.25, 0.3) is 10.4 Å². The van der Waals surface area contributed by atoms with Crippen molar-refractivity contribution in [1.82, 2.24) is 15.2 Å². The van der Waals surface area contributed by atoms with Crippen molar-refractivity contribution in [1.29, 1.82) is 0 Å². The second kappa shape index (κ2) is 9.89. The number of carbonyl (C=O) groups is 2. The van der Waals surface area contributed by atoms with Gasteiger partial charge in [0.15, 0.2) is 0 Å². The van der Waals surface area contributed by atoms with Crippen molar-refractivity contribution in [3.63, 3.8) is 0 Å². The number of hydrogen-bond donors (Lipinski definition) is 1. The van der Waals surface area contributed by atoms with Gasteiger partial charge in [-0.25, -0.2) is 4.98 Å². The van der Waals surface area contributed by atoms with E-state index >= 15 is 0 Å². The number of hydrogen-bond acceptors (Lipinski definition) is 6. The zero-order valence-corrected chi connectivity index (χ0v) is 18.8. The van der Waals surface area contributed by atoms with Crippen LogP contribution in [0.15, 0.2) is 29.8 Å². The highest BCUT2D eigenvalue weighted by Crippen LogP contribution is 2.27. The van der Waals surface area contributed by atoms with Gasteiger partial charge in [0.05, 0.1) is 28.8 Å². The second-order valence-electron chi connectivity index (χ2n) is 8.38. The van der Waals surface area contributed by atoms with Gasteiger partial charge >= 0.3 is 0 Å². The molecule has 0 aliphatic carbocycles. The Morgan fingerprint density at radius 3 is 2.81 bits per heavy atom. The number of aromatic nitrogens is 1. The van der Waals surface area contributed by atoms with E-state index < -0.39 is 6.04 Å². The Hall–Kier alpha value is -2.29. The van der Waals surface area contributed by atoms with Crippen LogP contribution in [-0.4, -0.2) is 60.2 Å². The largest absolute Gasteiger partial charge is 0.379 e. The fourth-order valence-electron chi connectivity index (χ4n) is 4.15. The lowest BCUT2D eigenvalue weighted by Crippen LogP contribution is -2.47. The zero-order valence-electron chi connectivity index (χ0n) is 18.0. The Morgan fingerprint density at radius 2 is 2.13 bits per heavy atom. The minimum Gasteiger partial charge on any atom is -0.379 e. The molecule has 2 amide bonds. The van der Waals surface area contributed by atoms with Gasteiger partial charge < -0.3 is 19.7 Å². The monoisotopic (exact) mass is 443 g/mol. The molecule has 31 heavy (non-hydrogen) atoms. The van der Waals surface area contributed by atoms with Crippen LogP contribution in [0.2, 0.25) is 0 Å². The number of nitrogens with zero attached hydrogens (tertiary/aromatic N) is 2. The topological polar surface area (TPSA) is 80.8 Å². The summed E-state index contributed by atoms with van der Waals surface area (Å²) in [5.41, 5.74) is 5.02. The quantitative estimate of drug-likeness (QED) is 0.712. The summed E-state index contributed by atoms with van der Waals surface area (Å²) in [7, 11) is 0. The van der Waals surface area contributed by atoms with Gasteiger partial charge in [-0.2, -0.15) is 0 Å². The van der Waals surface area contributed by atoms with Crippen molar-refractivity contribution in [2.45, 2.75) is 45.4 Å². The first kappa shape index (κ1) is 21.9. The molecule has 166 valence electrons. The number of benzene rings is 1. The van der Waals surface area contributed by atoms with Crippen LogP contribution < -0.4 is 5.32 Å². The summed E-state index contributed by atoms with van der Waals surface area (Å²) >= 11 is 1.62. The standard InChI is InChI=1S/C23H29N3O4S/c1-15-9-20(26(11-15)21(27)13-30-19-7-8-29-12-19)23(28)24-10-17-3-5-18(6-4-17)22-16(2)25-14-31-22/h3-6,14-15,19-20H,7-13H2,1-2H3,(H,24,28). The van der Waals surface area contributed by atoms with Crippen LogP contribution in [0.4, 0.5) is 0 Å². The Labute approximate surface area is 186 Å². The van der Waals surface area contributed by atoms with Crippen molar-refractivity contribution in [3.05, 3.63) is 41.0 Å². The number of thiazole rings is 1. The Morgan fingerprint density at radius 1 is 1.32 bits per heavy atom. The van der Waals surface area contributed by atoms with Gasteiger partial charge in [0.25, 0.3) is 0 Å². The number of amides is 2. The molecule has 3 unspecified atom stereocenters. The predicted molar refractivity (Wildman–Crippen MR) is 119 cm³/mol. The molecule has 0 saturated carbocycles. The molecule has 3 heterocycles. The van der Waals surface area contributed by atoms with Crippen molar-refractivity contribution in [2.75, 3.05) is 26.4 Å². The third-order valence-electron chi connectivity index (χ3n) is 5.89. The van der Waals surface area contributed by atoms with Crippen molar-refractivity contribution in [3.8, 4) is 10.4 Å². The molecule has 8 heteroatoms. The first-order chi connectivity index (χ1) is 15.0. The number of carbonyl (C=O) groups excluding carboxylic acids is 2. The van der Waals surface area contributed by atoms with Gasteiger partial charge in [0, 0.05) is 19.7 Å². The second-order valence-corrected chi connectivity index (χ2v) is 9.24. The summed E-state index contributed by atoms with van der Waals surface area (Å²) in [6.07, 6.45) is 1.47. The van der Waals surface area contributed by atoms with E-state index in [0.717, 1.165) is 28.1 Å². The molecule has 1 N–H and O–H groups in total. The van der Waals surface area contributed by atoms with Gasteiger partial charge in [-0.3, -0.25) is 9.59 Å². The lowest BCUT2D eigenvalue weighted by Gasteiger charge is -2.24. The molecule has 4 rings (SSSR count). The number of aryl methyl sites for hydroxylation is 1. The first-order valence-electron chi connectivity index (χ1n) is 10.8. The van der Waals surface area contributed by atoms with E-state index in [-0.39, 0.29) is 30.4 Å². The fraction of sp³-hybridized carbons (Fsp3) is 0.522. The maximum atomic E-state index is 12.9. The number of likely N-dealkylation sites (tertiary alicyclic amines) is 1. The van der Waals surface area contributed by atoms with Gasteiger partial charge in [-0.15, -0.1) is 11.3 Å². The third kappa shape index (κ3) is 5.31. The van der Waals surface area contributed by atoms with Crippen molar-refractivity contribution >= 4 is 23.2 Å². The predicted octanol–water partition coefficient (Wildman–Crippen LogP) is 2.78. The highest BCUT2D eigenvalue weighted by atomic mass is 32.1. The lowest BCUT2D eigenvalue weighted by atomic mass is 10.1. The van der Waals surface area contributed by atoms with Gasteiger partial charge in [-0.05, 0) is 36.8 Å². The maximum absolute atomic E-state index is 12.9. The molecule has 1 aromatic carbocycles. The van der Waals surface area contributed by atoms with Gasteiger partial charge in [-0.1, -0.05) is 31.2 Å². The molecule has 0 radical (unpaired) electrons. The molecule has 2 aromatic rings. The Kier molecular flexibility index (Phi) is 6.99. The SMILES string of the molecule is Cc1ncsc1-c1ccc(CNC(=O)C2CC(C)CN2C(=O)COC2CCOC2)cc1. The van der Waals surface area contributed by atoms with Gasteiger partial charge in [0.1, 0.15) is 12.6 Å². The highest BCUT2D eigenvalue weighted by molar-refractivity contribution is 7.13. The smallest absolute Gasteiger partial charge is 0.249 e. The minimum atomic E-state index is -0.440. The highest BCUT2D eigenvalue weighted by Gasteiger charge is 2.37. The molecule has 2 fully saturated rings. The van der Waals surface area contributed by atoms with Crippen molar-refractivity contribution < 1.29 is 19.1 Å². The fourth-order valence-corrected chi connectivity index (χ4v) is 4.96. The summed E-state index contributed by atoms with van der Waals surface area (Å²) in [5, 5.41) is 3.01. The number of ether oxygens (including phenoxy) is 2. The maximum Gasteiger partial charge on any atom is 0.249 e. The summed E-state index contributed by atoms with van der Waals surface area (Å²) in [5.74, 6) is 0.0569. The van der Waals surface area contributed by atoms with E-state index in [1.54, 1.807) is 16.2 Å². The van der Waals surface area contributed by atoms with E-state index in [1.165, 1.54) is 0 Å². The van der Waals surface area contributed by atoms with E-state index in [1.807, 2.05) is 24.6 Å². The molecule has 7 nitrogen and oxygen atoms in total. The third-order valence-corrected chi connectivity index (χ3v) is 6.87.